The lowest BCUT2D eigenvalue weighted by Crippen LogP contribution is -2.58. The average Bonchev–Trinajstić information content (AvgIpc) is 3.18. The maximum Gasteiger partial charge on any atom is 0.490 e. The molecule has 8 nitrogen and oxygen atoms in total. The van der Waals surface area contributed by atoms with Crippen molar-refractivity contribution in [2.45, 2.75) is 38.5 Å². The number of likely N-dealkylation sites (tertiary alicyclic amines) is 1. The van der Waals surface area contributed by atoms with Gasteiger partial charge in [0, 0.05) is 52.7 Å². The number of halogens is 3. The van der Waals surface area contributed by atoms with Gasteiger partial charge in [-0.3, -0.25) is 9.69 Å². The highest BCUT2D eigenvalue weighted by Gasteiger charge is 2.56. The van der Waals surface area contributed by atoms with E-state index in [2.05, 4.69) is 51.0 Å². The summed E-state index contributed by atoms with van der Waals surface area (Å²) >= 11 is 0. The number of anilines is 1. The van der Waals surface area contributed by atoms with E-state index in [-0.39, 0.29) is 11.9 Å². The number of alkyl halides is 3. The van der Waals surface area contributed by atoms with Crippen molar-refractivity contribution in [3.05, 3.63) is 53.9 Å². The zero-order valence-electron chi connectivity index (χ0n) is 20.0. The molecule has 2 atom stereocenters. The van der Waals surface area contributed by atoms with Gasteiger partial charge in [-0.25, -0.2) is 14.8 Å². The molecule has 1 aromatic carbocycles. The van der Waals surface area contributed by atoms with Gasteiger partial charge in [-0.2, -0.15) is 13.2 Å². The van der Waals surface area contributed by atoms with Gasteiger partial charge in [-0.1, -0.05) is 29.8 Å². The van der Waals surface area contributed by atoms with Crippen LogP contribution in [0.1, 0.15) is 24.0 Å². The second kappa shape index (κ2) is 10.6. The number of benzene rings is 1. The van der Waals surface area contributed by atoms with E-state index in [1.807, 2.05) is 20.2 Å². The smallest absolute Gasteiger partial charge is 0.475 e. The summed E-state index contributed by atoms with van der Waals surface area (Å²) in [5, 5.41) is 7.12. The maximum atomic E-state index is 13.4. The molecule has 35 heavy (non-hydrogen) atoms. The topological polar surface area (TPSA) is 89.9 Å². The van der Waals surface area contributed by atoms with Gasteiger partial charge >= 0.3 is 12.1 Å². The Labute approximate surface area is 202 Å². The maximum absolute atomic E-state index is 13.4. The Hall–Kier alpha value is -3.21. The number of carboxylic acid groups (broad SMARTS) is 1. The summed E-state index contributed by atoms with van der Waals surface area (Å²) < 4.78 is 31.7. The Bertz CT molecular complexity index is 1030. The molecule has 0 unspecified atom stereocenters. The normalized spacial score (nSPS) is 22.1. The number of nitrogens with zero attached hydrogens (tertiary/aromatic N) is 5. The summed E-state index contributed by atoms with van der Waals surface area (Å²) in [6.45, 7) is 5.52. The fourth-order valence-corrected chi connectivity index (χ4v) is 4.98. The third kappa shape index (κ3) is 6.08. The molecule has 0 saturated carbocycles. The minimum absolute atomic E-state index is 0.100. The van der Waals surface area contributed by atoms with Crippen LogP contribution in [0.15, 0.2) is 42.7 Å². The van der Waals surface area contributed by atoms with Gasteiger partial charge in [0.2, 0.25) is 11.9 Å². The van der Waals surface area contributed by atoms with E-state index in [0.717, 1.165) is 45.0 Å². The molecule has 0 radical (unpaired) electrons. The van der Waals surface area contributed by atoms with Crippen molar-refractivity contribution >= 4 is 17.8 Å². The highest BCUT2D eigenvalue weighted by Crippen LogP contribution is 2.44. The van der Waals surface area contributed by atoms with Crippen LogP contribution >= 0.6 is 0 Å². The molecule has 1 N–H and O–H groups in total. The first-order valence-corrected chi connectivity index (χ1v) is 11.3. The standard InChI is InChI=1S/C22H29N5O.C2HF3O2/c1-17-7-4-8-18(13-17)14-26-15-19-22(16-26,20(28)25(2)3)9-5-12-27(19)21-23-10-6-11-24-21;3-2(4,5)1(6)7/h4,6-8,10-11,13,19H,5,9,12,14-16H2,1-3H3;(H,6,7)/t19-,22-;/m1./s1. The highest BCUT2D eigenvalue weighted by atomic mass is 19.4. The Morgan fingerprint density at radius 1 is 1.20 bits per heavy atom. The number of rotatable bonds is 4. The number of aliphatic carboxylic acids is 1. The molecule has 3 heterocycles. The SMILES string of the molecule is Cc1cccc(CN2C[C@H]3N(c4ncccn4)CCC[C@@]3(C(=O)N(C)C)C2)c1.O=C(O)C(F)(F)F. The number of carbonyl (C=O) groups excluding carboxylic acids is 1. The van der Waals surface area contributed by atoms with Crippen LogP contribution in [0.25, 0.3) is 0 Å². The Morgan fingerprint density at radius 3 is 2.43 bits per heavy atom. The van der Waals surface area contributed by atoms with E-state index in [4.69, 9.17) is 9.90 Å². The summed E-state index contributed by atoms with van der Waals surface area (Å²) in [5.74, 6) is -1.79. The van der Waals surface area contributed by atoms with Crippen LogP contribution in [-0.4, -0.2) is 82.7 Å². The van der Waals surface area contributed by atoms with E-state index in [1.54, 1.807) is 17.3 Å². The van der Waals surface area contributed by atoms with Crippen LogP contribution in [0.5, 0.6) is 0 Å². The number of aromatic nitrogens is 2. The third-order valence-electron chi connectivity index (χ3n) is 6.35. The van der Waals surface area contributed by atoms with Crippen molar-refractivity contribution in [1.29, 1.82) is 0 Å². The van der Waals surface area contributed by atoms with Gasteiger partial charge in [0.1, 0.15) is 0 Å². The van der Waals surface area contributed by atoms with Gasteiger partial charge in [0.05, 0.1) is 11.5 Å². The lowest BCUT2D eigenvalue weighted by Gasteiger charge is -2.45. The van der Waals surface area contributed by atoms with Crippen LogP contribution in [-0.2, 0) is 16.1 Å². The molecule has 0 aliphatic carbocycles. The second-order valence-electron chi connectivity index (χ2n) is 9.18. The Kier molecular flexibility index (Phi) is 7.99. The minimum Gasteiger partial charge on any atom is -0.475 e. The molecule has 2 fully saturated rings. The zero-order chi connectivity index (χ0) is 25.8. The third-order valence-corrected chi connectivity index (χ3v) is 6.35. The molecule has 1 amide bonds. The molecule has 2 aliphatic rings. The zero-order valence-corrected chi connectivity index (χ0v) is 20.0. The van der Waals surface area contributed by atoms with Crippen LogP contribution in [0.2, 0.25) is 0 Å². The number of fused-ring (bicyclic) bond motifs is 1. The van der Waals surface area contributed by atoms with Gasteiger partial charge < -0.3 is 14.9 Å². The number of carboxylic acids is 1. The first-order chi connectivity index (χ1) is 16.4. The largest absolute Gasteiger partial charge is 0.490 e. The molecule has 1 aromatic heterocycles. The van der Waals surface area contributed by atoms with Crippen molar-refractivity contribution in [3.8, 4) is 0 Å². The van der Waals surface area contributed by atoms with Gasteiger partial charge in [0.25, 0.3) is 0 Å². The predicted octanol–water partition coefficient (Wildman–Crippen LogP) is 2.98. The molecular formula is C24H30F3N5O3. The van der Waals surface area contributed by atoms with Gasteiger partial charge in [-0.05, 0) is 31.4 Å². The molecular weight excluding hydrogens is 463 g/mol. The van der Waals surface area contributed by atoms with Crippen LogP contribution in [0, 0.1) is 12.3 Å². The fraction of sp³-hybridized carbons (Fsp3) is 0.500. The van der Waals surface area contributed by atoms with Crippen LogP contribution in [0.3, 0.4) is 0 Å². The van der Waals surface area contributed by atoms with Crippen molar-refractivity contribution in [3.63, 3.8) is 0 Å². The first kappa shape index (κ1) is 26.4. The summed E-state index contributed by atoms with van der Waals surface area (Å²) in [7, 11) is 3.74. The molecule has 0 bridgehead atoms. The molecule has 4 rings (SSSR count). The lowest BCUT2D eigenvalue weighted by atomic mass is 9.74. The molecule has 2 aliphatic heterocycles. The highest BCUT2D eigenvalue weighted by molar-refractivity contribution is 5.85. The number of amides is 1. The van der Waals surface area contributed by atoms with Crippen LogP contribution < -0.4 is 4.90 Å². The second-order valence-corrected chi connectivity index (χ2v) is 9.18. The predicted molar refractivity (Wildman–Crippen MR) is 124 cm³/mol. The van der Waals surface area contributed by atoms with Crippen molar-refractivity contribution in [2.75, 3.05) is 38.6 Å². The van der Waals surface area contributed by atoms with E-state index in [1.165, 1.54) is 11.1 Å². The Balaban J connectivity index is 0.000000429. The average molecular weight is 494 g/mol. The molecule has 11 heteroatoms. The van der Waals surface area contributed by atoms with Gasteiger partial charge in [0.15, 0.2) is 0 Å². The first-order valence-electron chi connectivity index (χ1n) is 11.3. The van der Waals surface area contributed by atoms with Crippen molar-refractivity contribution in [1.82, 2.24) is 19.8 Å². The van der Waals surface area contributed by atoms with Crippen molar-refractivity contribution < 1.29 is 27.9 Å². The fourth-order valence-electron chi connectivity index (χ4n) is 4.98. The molecule has 190 valence electrons. The van der Waals surface area contributed by atoms with Crippen LogP contribution in [0.4, 0.5) is 19.1 Å². The van der Waals surface area contributed by atoms with E-state index in [9.17, 15) is 18.0 Å². The van der Waals surface area contributed by atoms with E-state index < -0.39 is 17.6 Å². The molecule has 2 saturated heterocycles. The summed E-state index contributed by atoms with van der Waals surface area (Å²) in [4.78, 5) is 37.7. The number of hydrogen-bond donors (Lipinski definition) is 1. The number of hydrogen-bond acceptors (Lipinski definition) is 6. The quantitative estimate of drug-likeness (QED) is 0.701. The van der Waals surface area contributed by atoms with Crippen molar-refractivity contribution in [2.24, 2.45) is 5.41 Å². The molecule has 0 spiro atoms. The number of piperidine rings is 1. The number of carbonyl (C=O) groups is 2. The summed E-state index contributed by atoms with van der Waals surface area (Å²) in [5.41, 5.74) is 2.17. The molecule has 2 aromatic rings. The Morgan fingerprint density at radius 2 is 1.86 bits per heavy atom. The lowest BCUT2D eigenvalue weighted by molar-refractivity contribution is -0.192. The van der Waals surface area contributed by atoms with E-state index >= 15 is 0 Å². The monoisotopic (exact) mass is 493 g/mol. The van der Waals surface area contributed by atoms with Gasteiger partial charge in [-0.15, -0.1) is 0 Å². The summed E-state index contributed by atoms with van der Waals surface area (Å²) in [6.07, 6.45) is 0.382. The summed E-state index contributed by atoms with van der Waals surface area (Å²) in [6, 6.07) is 10.6. The number of aryl methyl sites for hydroxylation is 1. The minimum atomic E-state index is -5.08. The van der Waals surface area contributed by atoms with E-state index in [0.29, 0.717) is 0 Å².